The summed E-state index contributed by atoms with van der Waals surface area (Å²) in [7, 11) is 0. The SMILES string of the molecule is CC(O)C[C@H]1C(O)O[C@H](CO)[C@@H](O)[C@@H]1O. The van der Waals surface area contributed by atoms with Gasteiger partial charge >= 0.3 is 0 Å². The van der Waals surface area contributed by atoms with E-state index in [9.17, 15) is 15.3 Å². The highest BCUT2D eigenvalue weighted by atomic mass is 16.6. The van der Waals surface area contributed by atoms with E-state index in [0.29, 0.717) is 0 Å². The van der Waals surface area contributed by atoms with E-state index in [1.165, 1.54) is 6.92 Å². The molecule has 0 saturated carbocycles. The topological polar surface area (TPSA) is 110 Å². The fraction of sp³-hybridized carbons (Fsp3) is 1.00. The molecule has 90 valence electrons. The molecule has 1 rings (SSSR count). The molecule has 0 spiro atoms. The quantitative estimate of drug-likeness (QED) is 0.371. The van der Waals surface area contributed by atoms with Crippen molar-refractivity contribution in [1.29, 1.82) is 0 Å². The number of hydrogen-bond acceptors (Lipinski definition) is 6. The third-order valence-electron chi connectivity index (χ3n) is 2.64. The van der Waals surface area contributed by atoms with Gasteiger partial charge in [0.15, 0.2) is 6.29 Å². The molecule has 0 aliphatic carbocycles. The maximum absolute atomic E-state index is 9.65. The molecule has 1 aliphatic rings. The Morgan fingerprint density at radius 2 is 1.80 bits per heavy atom. The molecule has 0 bridgehead atoms. The van der Waals surface area contributed by atoms with E-state index in [1.807, 2.05) is 0 Å². The highest BCUT2D eigenvalue weighted by Crippen LogP contribution is 2.28. The fourth-order valence-corrected chi connectivity index (χ4v) is 1.80. The van der Waals surface area contributed by atoms with Crippen molar-refractivity contribution >= 4 is 0 Å². The monoisotopic (exact) mass is 222 g/mol. The molecule has 0 amide bonds. The molecule has 15 heavy (non-hydrogen) atoms. The molecule has 1 aliphatic heterocycles. The lowest BCUT2D eigenvalue weighted by molar-refractivity contribution is -0.273. The van der Waals surface area contributed by atoms with Crippen LogP contribution in [0.4, 0.5) is 0 Å². The molecule has 5 N–H and O–H groups in total. The van der Waals surface area contributed by atoms with Crippen LogP contribution in [0.1, 0.15) is 13.3 Å². The zero-order valence-electron chi connectivity index (χ0n) is 8.52. The summed E-state index contributed by atoms with van der Waals surface area (Å²) >= 11 is 0. The van der Waals surface area contributed by atoms with Crippen molar-refractivity contribution in [3.8, 4) is 0 Å². The molecule has 0 radical (unpaired) electrons. The van der Waals surface area contributed by atoms with Crippen molar-refractivity contribution in [2.45, 2.75) is 44.1 Å². The van der Waals surface area contributed by atoms with Crippen LogP contribution >= 0.6 is 0 Å². The van der Waals surface area contributed by atoms with E-state index in [0.717, 1.165) is 0 Å². The largest absolute Gasteiger partial charge is 0.394 e. The normalized spacial score (nSPS) is 44.0. The van der Waals surface area contributed by atoms with Gasteiger partial charge < -0.3 is 30.3 Å². The van der Waals surface area contributed by atoms with Gasteiger partial charge in [-0.1, -0.05) is 0 Å². The zero-order valence-corrected chi connectivity index (χ0v) is 8.52. The highest BCUT2D eigenvalue weighted by Gasteiger charge is 2.43. The van der Waals surface area contributed by atoms with Gasteiger partial charge in [-0.05, 0) is 13.3 Å². The molecule has 1 fully saturated rings. The van der Waals surface area contributed by atoms with Gasteiger partial charge in [-0.2, -0.15) is 0 Å². The molecule has 0 aromatic rings. The van der Waals surface area contributed by atoms with E-state index in [-0.39, 0.29) is 6.42 Å². The molecule has 6 atom stereocenters. The number of aliphatic hydroxyl groups excluding tert-OH is 5. The molecule has 0 aromatic carbocycles. The third-order valence-corrected chi connectivity index (χ3v) is 2.64. The summed E-state index contributed by atoms with van der Waals surface area (Å²) in [5.41, 5.74) is 0. The Morgan fingerprint density at radius 3 is 2.27 bits per heavy atom. The maximum atomic E-state index is 9.65. The van der Waals surface area contributed by atoms with Crippen molar-refractivity contribution < 1.29 is 30.3 Å². The maximum Gasteiger partial charge on any atom is 0.160 e. The summed E-state index contributed by atoms with van der Waals surface area (Å²) < 4.78 is 4.92. The Bertz CT molecular complexity index is 197. The number of hydrogen-bond donors (Lipinski definition) is 5. The summed E-state index contributed by atoms with van der Waals surface area (Å²) in [6.07, 6.45) is -5.31. The second-order valence-electron chi connectivity index (χ2n) is 3.98. The summed E-state index contributed by atoms with van der Waals surface area (Å²) in [6.45, 7) is 1.04. The number of rotatable bonds is 3. The van der Waals surface area contributed by atoms with Crippen LogP contribution in [0.25, 0.3) is 0 Å². The summed E-state index contributed by atoms with van der Waals surface area (Å²) in [5.74, 6) is -0.747. The van der Waals surface area contributed by atoms with Crippen LogP contribution in [-0.2, 0) is 4.74 Å². The van der Waals surface area contributed by atoms with Gasteiger partial charge in [-0.3, -0.25) is 0 Å². The molecule has 6 nitrogen and oxygen atoms in total. The van der Waals surface area contributed by atoms with Crippen molar-refractivity contribution in [3.05, 3.63) is 0 Å². The minimum absolute atomic E-state index is 0.123. The first-order chi connectivity index (χ1) is 6.97. The van der Waals surface area contributed by atoms with E-state index in [4.69, 9.17) is 14.9 Å². The van der Waals surface area contributed by atoms with Crippen molar-refractivity contribution in [1.82, 2.24) is 0 Å². The van der Waals surface area contributed by atoms with Crippen LogP contribution in [0.3, 0.4) is 0 Å². The van der Waals surface area contributed by atoms with Gasteiger partial charge in [0.25, 0.3) is 0 Å². The van der Waals surface area contributed by atoms with Crippen LogP contribution in [0.5, 0.6) is 0 Å². The smallest absolute Gasteiger partial charge is 0.160 e. The molecule has 2 unspecified atom stereocenters. The van der Waals surface area contributed by atoms with E-state index < -0.39 is 43.2 Å². The van der Waals surface area contributed by atoms with Crippen LogP contribution in [0, 0.1) is 5.92 Å². The first kappa shape index (κ1) is 12.8. The van der Waals surface area contributed by atoms with Crippen LogP contribution in [0.2, 0.25) is 0 Å². The Labute approximate surface area is 87.7 Å². The molecular weight excluding hydrogens is 204 g/mol. The van der Waals surface area contributed by atoms with Gasteiger partial charge in [0.05, 0.1) is 18.8 Å². The van der Waals surface area contributed by atoms with Crippen LogP contribution < -0.4 is 0 Å². The molecular formula is C9H18O6. The molecule has 6 heteroatoms. The lowest BCUT2D eigenvalue weighted by Gasteiger charge is -2.40. The van der Waals surface area contributed by atoms with Crippen molar-refractivity contribution in [2.24, 2.45) is 5.92 Å². The lowest BCUT2D eigenvalue weighted by atomic mass is 9.87. The number of ether oxygens (including phenoxy) is 1. The van der Waals surface area contributed by atoms with E-state index in [2.05, 4.69) is 0 Å². The van der Waals surface area contributed by atoms with Crippen molar-refractivity contribution in [3.63, 3.8) is 0 Å². The predicted octanol–water partition coefficient (Wildman–Crippen LogP) is -2.20. The Hall–Kier alpha value is -0.240. The Balaban J connectivity index is 2.66. The van der Waals surface area contributed by atoms with E-state index in [1.54, 1.807) is 0 Å². The summed E-state index contributed by atoms with van der Waals surface area (Å²) in [4.78, 5) is 0. The summed E-state index contributed by atoms with van der Waals surface area (Å²) in [6, 6.07) is 0. The molecule has 1 heterocycles. The fourth-order valence-electron chi connectivity index (χ4n) is 1.80. The van der Waals surface area contributed by atoms with E-state index >= 15 is 0 Å². The average molecular weight is 222 g/mol. The van der Waals surface area contributed by atoms with Gasteiger partial charge in [0.1, 0.15) is 12.2 Å². The predicted molar refractivity (Wildman–Crippen MR) is 49.8 cm³/mol. The van der Waals surface area contributed by atoms with Crippen molar-refractivity contribution in [2.75, 3.05) is 6.61 Å². The minimum atomic E-state index is -1.28. The minimum Gasteiger partial charge on any atom is -0.394 e. The van der Waals surface area contributed by atoms with Gasteiger partial charge in [0.2, 0.25) is 0 Å². The first-order valence-electron chi connectivity index (χ1n) is 4.96. The third kappa shape index (κ3) is 2.87. The van der Waals surface area contributed by atoms with Gasteiger partial charge in [0, 0.05) is 5.92 Å². The summed E-state index contributed by atoms with van der Waals surface area (Å²) in [5, 5.41) is 46.6. The molecule has 0 aromatic heterocycles. The van der Waals surface area contributed by atoms with Crippen LogP contribution in [0.15, 0.2) is 0 Å². The second kappa shape index (κ2) is 5.20. The lowest BCUT2D eigenvalue weighted by Crippen LogP contribution is -2.56. The average Bonchev–Trinajstić information content (AvgIpc) is 2.18. The van der Waals surface area contributed by atoms with Crippen LogP contribution in [-0.4, -0.2) is 62.8 Å². The van der Waals surface area contributed by atoms with Gasteiger partial charge in [-0.25, -0.2) is 0 Å². The molecule has 1 saturated heterocycles. The highest BCUT2D eigenvalue weighted by molar-refractivity contribution is 4.88. The van der Waals surface area contributed by atoms with Gasteiger partial charge in [-0.15, -0.1) is 0 Å². The number of aliphatic hydroxyl groups is 5. The standard InChI is InChI=1S/C9H18O6/c1-4(11)2-5-7(12)8(13)6(3-10)15-9(5)14/h4-14H,2-3H2,1H3/t4?,5-,6-,7-,8-,9?/m1/s1. The second-order valence-corrected chi connectivity index (χ2v) is 3.98. The zero-order chi connectivity index (χ0) is 11.6. The Morgan fingerprint density at radius 1 is 1.20 bits per heavy atom. The first-order valence-corrected chi connectivity index (χ1v) is 4.96. The Kier molecular flexibility index (Phi) is 4.45.